The Hall–Kier alpha value is -3.40. The monoisotopic (exact) mass is 392 g/mol. The van der Waals surface area contributed by atoms with Crippen molar-refractivity contribution < 1.29 is 14.0 Å². The van der Waals surface area contributed by atoms with Gasteiger partial charge in [-0.25, -0.2) is 9.18 Å². The molecule has 29 heavy (non-hydrogen) atoms. The maximum Gasteiger partial charge on any atom is 0.329 e. The maximum absolute atomic E-state index is 14.5. The van der Waals surface area contributed by atoms with E-state index in [9.17, 15) is 14.0 Å². The number of rotatable bonds is 3. The van der Waals surface area contributed by atoms with E-state index in [1.807, 2.05) is 0 Å². The van der Waals surface area contributed by atoms with Gasteiger partial charge in [0.1, 0.15) is 5.82 Å². The molecule has 0 radical (unpaired) electrons. The van der Waals surface area contributed by atoms with Crippen molar-refractivity contribution in [3.05, 3.63) is 53.8 Å². The van der Waals surface area contributed by atoms with E-state index in [0.717, 1.165) is 31.4 Å². The fourth-order valence-corrected chi connectivity index (χ4v) is 4.34. The lowest BCUT2D eigenvalue weighted by Crippen LogP contribution is -2.40. The zero-order valence-electron chi connectivity index (χ0n) is 16.1. The van der Waals surface area contributed by atoms with Crippen LogP contribution in [-0.4, -0.2) is 24.0 Å². The molecule has 2 atom stereocenters. The minimum atomic E-state index is -0.574. The lowest BCUT2D eigenvalue weighted by atomic mass is 9.89. The fraction of sp³-hybridized carbons (Fsp3) is 0.318. The van der Waals surface area contributed by atoms with E-state index in [-0.39, 0.29) is 29.7 Å². The molecular weight excluding hydrogens is 371 g/mol. The lowest BCUT2D eigenvalue weighted by Gasteiger charge is -2.31. The Bertz CT molecular complexity index is 999. The zero-order chi connectivity index (χ0) is 20.5. The van der Waals surface area contributed by atoms with E-state index in [1.165, 1.54) is 19.1 Å². The summed E-state index contributed by atoms with van der Waals surface area (Å²) in [5.74, 6) is -0.928. The highest BCUT2D eigenvalue weighted by molar-refractivity contribution is 6.07. The number of benzene rings is 2. The third-order valence-corrected chi connectivity index (χ3v) is 5.59. The van der Waals surface area contributed by atoms with Crippen LogP contribution in [0.3, 0.4) is 0 Å². The number of anilines is 3. The average molecular weight is 392 g/mol. The van der Waals surface area contributed by atoms with Crippen LogP contribution in [0.15, 0.2) is 42.5 Å². The molecule has 3 amide bonds. The standard InChI is InChI=1S/C22H21FN4O2/c1-14(28)25-19-11-10-17(12-18(19)23)27-21-5-3-2-4-20(21)26(22(27)29)16-8-6-15(13-24)7-9-16/h6-12,20-21H,2-5H2,1H3,(H,25,28)/t20-,21-/m0/s1. The summed E-state index contributed by atoms with van der Waals surface area (Å²) in [6, 6.07) is 13.3. The Morgan fingerprint density at radius 2 is 1.66 bits per heavy atom. The Kier molecular flexibility index (Phi) is 4.93. The average Bonchev–Trinajstić information content (AvgIpc) is 3.01. The highest BCUT2D eigenvalue weighted by atomic mass is 19.1. The van der Waals surface area contributed by atoms with Gasteiger partial charge in [0, 0.05) is 18.3 Å². The zero-order valence-corrected chi connectivity index (χ0v) is 16.1. The lowest BCUT2D eigenvalue weighted by molar-refractivity contribution is -0.114. The topological polar surface area (TPSA) is 76.4 Å². The van der Waals surface area contributed by atoms with Crippen LogP contribution in [-0.2, 0) is 4.79 Å². The molecule has 0 spiro atoms. The first kappa shape index (κ1) is 18.9. The molecule has 2 aromatic carbocycles. The van der Waals surface area contributed by atoms with Gasteiger partial charge in [-0.3, -0.25) is 14.6 Å². The highest BCUT2D eigenvalue weighted by Gasteiger charge is 2.47. The molecule has 2 aliphatic rings. The predicted molar refractivity (Wildman–Crippen MR) is 108 cm³/mol. The van der Waals surface area contributed by atoms with Gasteiger partial charge in [-0.05, 0) is 55.3 Å². The van der Waals surface area contributed by atoms with Crippen LogP contribution in [0.2, 0.25) is 0 Å². The maximum atomic E-state index is 14.5. The molecule has 1 saturated heterocycles. The van der Waals surface area contributed by atoms with E-state index in [0.29, 0.717) is 11.3 Å². The number of nitrogens with zero attached hydrogens (tertiary/aromatic N) is 3. The molecule has 1 aliphatic heterocycles. The fourth-order valence-electron chi connectivity index (χ4n) is 4.34. The third kappa shape index (κ3) is 3.42. The Labute approximate surface area is 168 Å². The molecule has 0 bridgehead atoms. The second kappa shape index (κ2) is 7.55. The second-order valence-corrected chi connectivity index (χ2v) is 7.45. The van der Waals surface area contributed by atoms with Crippen LogP contribution in [0.25, 0.3) is 0 Å². The number of hydrogen-bond donors (Lipinski definition) is 1. The van der Waals surface area contributed by atoms with Crippen molar-refractivity contribution >= 4 is 29.0 Å². The van der Waals surface area contributed by atoms with Gasteiger partial charge in [0.25, 0.3) is 0 Å². The normalized spacial score (nSPS) is 20.9. The molecule has 6 nitrogen and oxygen atoms in total. The van der Waals surface area contributed by atoms with Gasteiger partial charge in [-0.15, -0.1) is 0 Å². The van der Waals surface area contributed by atoms with Gasteiger partial charge in [0.2, 0.25) is 5.91 Å². The third-order valence-electron chi connectivity index (χ3n) is 5.59. The van der Waals surface area contributed by atoms with Gasteiger partial charge in [-0.2, -0.15) is 5.26 Å². The van der Waals surface area contributed by atoms with E-state index >= 15 is 0 Å². The van der Waals surface area contributed by atoms with Crippen LogP contribution < -0.4 is 15.1 Å². The minimum Gasteiger partial charge on any atom is -0.324 e. The number of nitriles is 1. The molecule has 1 saturated carbocycles. The van der Waals surface area contributed by atoms with Crippen molar-refractivity contribution in [1.29, 1.82) is 5.26 Å². The van der Waals surface area contributed by atoms with E-state index < -0.39 is 5.82 Å². The Balaban J connectivity index is 1.70. The van der Waals surface area contributed by atoms with Gasteiger partial charge >= 0.3 is 6.03 Å². The van der Waals surface area contributed by atoms with E-state index in [4.69, 9.17) is 5.26 Å². The first-order valence-electron chi connectivity index (χ1n) is 9.69. The van der Waals surface area contributed by atoms with Crippen LogP contribution in [0, 0.1) is 17.1 Å². The van der Waals surface area contributed by atoms with Gasteiger partial charge < -0.3 is 5.32 Å². The molecule has 148 valence electrons. The number of carbonyl (C=O) groups is 2. The summed E-state index contributed by atoms with van der Waals surface area (Å²) in [4.78, 5) is 28.1. The van der Waals surface area contributed by atoms with Crippen LogP contribution in [0.4, 0.5) is 26.2 Å². The number of fused-ring (bicyclic) bond motifs is 1. The van der Waals surface area contributed by atoms with E-state index in [2.05, 4.69) is 11.4 Å². The Morgan fingerprint density at radius 1 is 1.07 bits per heavy atom. The number of carbonyl (C=O) groups excluding carboxylic acids is 2. The van der Waals surface area contributed by atoms with Crippen molar-refractivity contribution in [3.8, 4) is 6.07 Å². The minimum absolute atomic E-state index is 0.00210. The molecule has 0 aromatic heterocycles. The van der Waals surface area contributed by atoms with Gasteiger partial charge in [-0.1, -0.05) is 12.8 Å². The number of amides is 3. The first-order valence-corrected chi connectivity index (χ1v) is 9.69. The number of urea groups is 1. The first-order chi connectivity index (χ1) is 14.0. The van der Waals surface area contributed by atoms with Crippen molar-refractivity contribution in [2.24, 2.45) is 0 Å². The summed E-state index contributed by atoms with van der Waals surface area (Å²) < 4.78 is 14.5. The molecule has 2 fully saturated rings. The molecular formula is C22H21FN4O2. The largest absolute Gasteiger partial charge is 0.329 e. The summed E-state index contributed by atoms with van der Waals surface area (Å²) in [5.41, 5.74) is 1.85. The molecule has 1 aliphatic carbocycles. The Morgan fingerprint density at radius 3 is 2.21 bits per heavy atom. The summed E-state index contributed by atoms with van der Waals surface area (Å²) in [7, 11) is 0. The predicted octanol–water partition coefficient (Wildman–Crippen LogP) is 4.41. The van der Waals surface area contributed by atoms with Gasteiger partial charge in [0.05, 0.1) is 29.4 Å². The SMILES string of the molecule is CC(=O)Nc1ccc(N2C(=O)N(c3ccc(C#N)cc3)[C@H]3CCCC[C@@H]32)cc1F. The summed E-state index contributed by atoms with van der Waals surface area (Å²) in [5, 5.41) is 11.5. The van der Waals surface area contributed by atoms with E-state index in [1.54, 1.807) is 40.1 Å². The summed E-state index contributed by atoms with van der Waals surface area (Å²) in [6.07, 6.45) is 3.77. The molecule has 0 unspecified atom stereocenters. The van der Waals surface area contributed by atoms with Crippen LogP contribution in [0.1, 0.15) is 38.2 Å². The number of hydrogen-bond acceptors (Lipinski definition) is 3. The molecule has 7 heteroatoms. The van der Waals surface area contributed by atoms with Crippen molar-refractivity contribution in [3.63, 3.8) is 0 Å². The van der Waals surface area contributed by atoms with Gasteiger partial charge in [0.15, 0.2) is 0 Å². The smallest absolute Gasteiger partial charge is 0.324 e. The molecule has 1 heterocycles. The summed E-state index contributed by atoms with van der Waals surface area (Å²) in [6.45, 7) is 1.32. The quantitative estimate of drug-likeness (QED) is 0.840. The highest BCUT2D eigenvalue weighted by Crippen LogP contribution is 2.40. The number of nitrogens with one attached hydrogen (secondary N) is 1. The molecule has 1 N–H and O–H groups in total. The van der Waals surface area contributed by atoms with Crippen molar-refractivity contribution in [2.75, 3.05) is 15.1 Å². The summed E-state index contributed by atoms with van der Waals surface area (Å²) >= 11 is 0. The van der Waals surface area contributed by atoms with Crippen LogP contribution >= 0.6 is 0 Å². The molecule has 2 aromatic rings. The van der Waals surface area contributed by atoms with Crippen molar-refractivity contribution in [1.82, 2.24) is 0 Å². The second-order valence-electron chi connectivity index (χ2n) is 7.45. The van der Waals surface area contributed by atoms with Crippen LogP contribution in [0.5, 0.6) is 0 Å². The van der Waals surface area contributed by atoms with Crippen molar-refractivity contribution in [2.45, 2.75) is 44.7 Å². The molecule has 4 rings (SSSR count). The number of halogens is 1.